The van der Waals surface area contributed by atoms with Crippen LogP contribution in [0, 0.1) is 0 Å². The van der Waals surface area contributed by atoms with Crippen LogP contribution in [0.5, 0.6) is 0 Å². The summed E-state index contributed by atoms with van der Waals surface area (Å²) in [6, 6.07) is 0. The largest absolute Gasteiger partial charge is 0.487 e. The molecule has 0 saturated heterocycles. The highest BCUT2D eigenvalue weighted by Crippen LogP contribution is 2.00. The monoisotopic (exact) mass is 148 g/mol. The molecule has 0 spiro atoms. The number of hydrogen-bond donors (Lipinski definition) is 0. The first-order valence-corrected chi connectivity index (χ1v) is 6.91. The van der Waals surface area contributed by atoms with Gasteiger partial charge in [-0.05, 0) is 19.6 Å². The Bertz CT molecular complexity index is 61.5. The van der Waals surface area contributed by atoms with Crippen LogP contribution in [0.3, 0.4) is 0 Å². The zero-order chi connectivity index (χ0) is 6.62. The lowest BCUT2D eigenvalue weighted by atomic mass is 11.6. The Labute approximate surface area is 60.1 Å². The molecule has 0 radical (unpaired) electrons. The Kier molecular flexibility index (Phi) is 3.95. The Morgan fingerprint density at radius 2 is 1.88 bits per heavy atom. The van der Waals surface area contributed by atoms with Crippen molar-refractivity contribution in [3.8, 4) is 0 Å². The summed E-state index contributed by atoms with van der Waals surface area (Å²) in [7, 11) is -1.28. The second-order valence-corrected chi connectivity index (χ2v) is 7.75. The maximum atomic E-state index is 5.33. The molecule has 0 heterocycles. The molecule has 48 valence electrons. The van der Waals surface area contributed by atoms with E-state index in [9.17, 15) is 0 Å². The van der Waals surface area contributed by atoms with Gasteiger partial charge in [-0.2, -0.15) is 0 Å². The normalized spacial score (nSPS) is 11.9. The van der Waals surface area contributed by atoms with Gasteiger partial charge in [-0.15, -0.1) is 0 Å². The minimum absolute atomic E-state index is 0.502. The molecule has 0 aromatic rings. The Morgan fingerprint density at radius 1 is 1.38 bits per heavy atom. The van der Waals surface area contributed by atoms with Crippen LogP contribution in [0.1, 0.15) is 0 Å². The van der Waals surface area contributed by atoms with Crippen molar-refractivity contribution < 1.29 is 8.21 Å². The quantitative estimate of drug-likeness (QED) is 0.425. The lowest BCUT2D eigenvalue weighted by Crippen LogP contribution is -2.26. The third-order valence-electron chi connectivity index (χ3n) is 0.610. The second-order valence-electron chi connectivity index (χ2n) is 2.66. The molecular weight excluding hydrogens is 135 g/mol. The zero-order valence-corrected chi connectivity index (χ0v) is 9.02. The fourth-order valence-corrected chi connectivity index (χ4v) is 1.06. The molecule has 0 aliphatic carbocycles. The molecule has 0 aliphatic rings. The molecular formula is C4H13AlO2Si. The van der Waals surface area contributed by atoms with Crippen LogP contribution in [-0.2, 0) is 8.21 Å². The van der Waals surface area contributed by atoms with Crippen LogP contribution in [0.25, 0.3) is 0 Å². The van der Waals surface area contributed by atoms with Crippen molar-refractivity contribution in [2.45, 2.75) is 19.6 Å². The minimum Gasteiger partial charge on any atom is -0.487 e. The van der Waals surface area contributed by atoms with E-state index in [4.69, 9.17) is 8.21 Å². The van der Waals surface area contributed by atoms with E-state index < -0.39 is 8.32 Å². The fourth-order valence-electron chi connectivity index (χ4n) is 0.236. The van der Waals surface area contributed by atoms with Gasteiger partial charge >= 0.3 is 16.6 Å². The van der Waals surface area contributed by atoms with Gasteiger partial charge in [-0.3, -0.25) is 0 Å². The maximum absolute atomic E-state index is 5.33. The summed E-state index contributed by atoms with van der Waals surface area (Å²) in [5.74, 6) is 0. The van der Waals surface area contributed by atoms with Crippen molar-refractivity contribution in [1.82, 2.24) is 0 Å². The maximum Gasteiger partial charge on any atom is 0.412 e. The topological polar surface area (TPSA) is 18.5 Å². The SMILES string of the molecule is C[Si](C)(C)OC[O][AlH2]. The first-order valence-electron chi connectivity index (χ1n) is 2.69. The molecule has 0 N–H and O–H groups in total. The average molecular weight is 148 g/mol. The molecule has 0 aliphatic heterocycles. The lowest BCUT2D eigenvalue weighted by Gasteiger charge is -2.16. The van der Waals surface area contributed by atoms with Gasteiger partial charge < -0.3 is 8.21 Å². The summed E-state index contributed by atoms with van der Waals surface area (Å²) in [5, 5.41) is 0. The van der Waals surface area contributed by atoms with Crippen molar-refractivity contribution in [2.24, 2.45) is 0 Å². The van der Waals surface area contributed by atoms with Crippen LogP contribution in [0.4, 0.5) is 0 Å². The van der Waals surface area contributed by atoms with E-state index in [1.54, 1.807) is 0 Å². The molecule has 0 aromatic heterocycles. The summed E-state index contributed by atoms with van der Waals surface area (Å²) in [6.07, 6.45) is 0. The van der Waals surface area contributed by atoms with Crippen molar-refractivity contribution >= 4 is 24.9 Å². The highest BCUT2D eigenvalue weighted by atomic mass is 28.4. The van der Waals surface area contributed by atoms with Gasteiger partial charge in [0.05, 0.1) is 0 Å². The van der Waals surface area contributed by atoms with Gasteiger partial charge in [0.1, 0.15) is 6.79 Å². The zero-order valence-electron chi connectivity index (χ0n) is 6.02. The van der Waals surface area contributed by atoms with Crippen LogP contribution in [0.2, 0.25) is 19.6 Å². The molecule has 8 heavy (non-hydrogen) atoms. The van der Waals surface area contributed by atoms with Crippen molar-refractivity contribution in [3.63, 3.8) is 0 Å². The van der Waals surface area contributed by atoms with E-state index >= 15 is 0 Å². The summed E-state index contributed by atoms with van der Waals surface area (Å²) in [4.78, 5) is 0. The van der Waals surface area contributed by atoms with E-state index in [-0.39, 0.29) is 0 Å². The summed E-state index contributed by atoms with van der Waals surface area (Å²) >= 11 is 0.780. The predicted octanol–water partition coefficient (Wildman–Crippen LogP) is 0.360. The van der Waals surface area contributed by atoms with Crippen LogP contribution >= 0.6 is 0 Å². The number of rotatable bonds is 3. The molecule has 0 saturated carbocycles. The predicted molar refractivity (Wildman–Crippen MR) is 38.9 cm³/mol. The smallest absolute Gasteiger partial charge is 0.412 e. The molecule has 4 heteroatoms. The van der Waals surface area contributed by atoms with E-state index in [0.717, 1.165) is 16.6 Å². The molecule has 0 amide bonds. The highest BCUT2D eigenvalue weighted by molar-refractivity contribution is 6.69. The Balaban J connectivity index is 3.11. The molecule has 0 rings (SSSR count). The van der Waals surface area contributed by atoms with E-state index in [2.05, 4.69) is 19.6 Å². The molecule has 0 atom stereocenters. The van der Waals surface area contributed by atoms with Crippen molar-refractivity contribution in [3.05, 3.63) is 0 Å². The lowest BCUT2D eigenvalue weighted by molar-refractivity contribution is 0.124. The first-order chi connectivity index (χ1) is 3.56. The molecule has 2 nitrogen and oxygen atoms in total. The molecule has 0 bridgehead atoms. The van der Waals surface area contributed by atoms with Crippen LogP contribution in [0.15, 0.2) is 0 Å². The standard InChI is InChI=1S/C4H11O2Si.Al.2H/c1-7(2,3)6-4-5;;;/h4H2,1-3H3;;;/q-1;+1;;. The summed E-state index contributed by atoms with van der Waals surface area (Å²) in [5.41, 5.74) is 0. The van der Waals surface area contributed by atoms with E-state index in [1.807, 2.05) is 0 Å². The molecule has 0 aromatic carbocycles. The van der Waals surface area contributed by atoms with Gasteiger partial charge in [0.25, 0.3) is 0 Å². The van der Waals surface area contributed by atoms with Gasteiger partial charge in [0, 0.05) is 0 Å². The third-order valence-corrected chi connectivity index (χ3v) is 1.83. The van der Waals surface area contributed by atoms with Crippen molar-refractivity contribution in [2.75, 3.05) is 6.79 Å². The van der Waals surface area contributed by atoms with Crippen LogP contribution in [-0.4, -0.2) is 31.7 Å². The van der Waals surface area contributed by atoms with Gasteiger partial charge in [-0.25, -0.2) is 0 Å². The highest BCUT2D eigenvalue weighted by Gasteiger charge is 2.12. The van der Waals surface area contributed by atoms with E-state index in [0.29, 0.717) is 6.79 Å². The minimum atomic E-state index is -1.28. The third kappa shape index (κ3) is 6.67. The van der Waals surface area contributed by atoms with Crippen LogP contribution < -0.4 is 0 Å². The number of hydrogen-bond acceptors (Lipinski definition) is 2. The van der Waals surface area contributed by atoms with Crippen molar-refractivity contribution in [1.29, 1.82) is 0 Å². The summed E-state index contributed by atoms with van der Waals surface area (Å²) < 4.78 is 10.2. The van der Waals surface area contributed by atoms with Gasteiger partial charge in [0.2, 0.25) is 0 Å². The van der Waals surface area contributed by atoms with Gasteiger partial charge in [0.15, 0.2) is 8.32 Å². The van der Waals surface area contributed by atoms with Gasteiger partial charge in [-0.1, -0.05) is 0 Å². The van der Waals surface area contributed by atoms with E-state index in [1.165, 1.54) is 0 Å². The molecule has 0 unspecified atom stereocenters. The first kappa shape index (κ1) is 8.67. The molecule has 0 fully saturated rings. The Hall–Kier alpha value is 0.669. The Morgan fingerprint density at radius 3 is 2.00 bits per heavy atom. The average Bonchev–Trinajstić information content (AvgIpc) is 1.59. The second kappa shape index (κ2) is 3.65. The summed E-state index contributed by atoms with van der Waals surface area (Å²) in [6.45, 7) is 6.94. The fraction of sp³-hybridized carbons (Fsp3) is 1.00.